The van der Waals surface area contributed by atoms with Crippen molar-refractivity contribution < 1.29 is 8.78 Å². The van der Waals surface area contributed by atoms with Crippen molar-refractivity contribution in [2.75, 3.05) is 0 Å². The Morgan fingerprint density at radius 2 is 1.89 bits per heavy atom. The van der Waals surface area contributed by atoms with Crippen LogP contribution in [0.2, 0.25) is 0 Å². The molecule has 1 aromatic carbocycles. The Labute approximate surface area is 108 Å². The van der Waals surface area contributed by atoms with Crippen molar-refractivity contribution in [3.63, 3.8) is 0 Å². The second-order valence-electron chi connectivity index (χ2n) is 5.32. The summed E-state index contributed by atoms with van der Waals surface area (Å²) in [5, 5.41) is 3.43. The minimum Gasteiger partial charge on any atom is -0.310 e. The van der Waals surface area contributed by atoms with E-state index in [-0.39, 0.29) is 0 Å². The van der Waals surface area contributed by atoms with Gasteiger partial charge in [-0.2, -0.15) is 0 Å². The van der Waals surface area contributed by atoms with Crippen LogP contribution in [0, 0.1) is 17.6 Å². The molecule has 2 rings (SSSR count). The van der Waals surface area contributed by atoms with Crippen molar-refractivity contribution in [3.8, 4) is 0 Å². The van der Waals surface area contributed by atoms with Gasteiger partial charge < -0.3 is 5.32 Å². The van der Waals surface area contributed by atoms with E-state index in [2.05, 4.69) is 12.2 Å². The first-order chi connectivity index (χ1) is 8.66. The van der Waals surface area contributed by atoms with E-state index in [0.717, 1.165) is 11.5 Å². The van der Waals surface area contributed by atoms with E-state index in [9.17, 15) is 8.78 Å². The highest BCUT2D eigenvalue weighted by Crippen LogP contribution is 2.26. The summed E-state index contributed by atoms with van der Waals surface area (Å²) in [6, 6.07) is 4.55. The van der Waals surface area contributed by atoms with Crippen LogP contribution in [-0.2, 0) is 6.54 Å². The van der Waals surface area contributed by atoms with E-state index in [1.165, 1.54) is 44.2 Å². The molecular formula is C15H21F2N. The van der Waals surface area contributed by atoms with Gasteiger partial charge in [-0.25, -0.2) is 8.78 Å². The lowest BCUT2D eigenvalue weighted by molar-refractivity contribution is 0.280. The molecule has 0 spiro atoms. The molecule has 100 valence electrons. The molecule has 0 amide bonds. The third kappa shape index (κ3) is 3.52. The summed E-state index contributed by atoms with van der Waals surface area (Å²) >= 11 is 0. The lowest BCUT2D eigenvalue weighted by Gasteiger charge is -2.28. The maximum atomic E-state index is 13.1. The van der Waals surface area contributed by atoms with E-state index in [4.69, 9.17) is 0 Å². The predicted molar refractivity (Wildman–Crippen MR) is 69.2 cm³/mol. The lowest BCUT2D eigenvalue weighted by atomic mass is 9.84. The maximum Gasteiger partial charge on any atom is 0.159 e. The fourth-order valence-electron chi connectivity index (χ4n) is 2.73. The molecule has 1 N–H and O–H groups in total. The molecular weight excluding hydrogens is 232 g/mol. The standard InChI is InChI=1S/C15H21F2N/c1-11(13-5-3-2-4-6-13)18-10-12-7-8-14(16)15(17)9-12/h7-9,11,13,18H,2-6,10H2,1H3/t11-/m0/s1. The van der Waals surface area contributed by atoms with Crippen LogP contribution in [0.3, 0.4) is 0 Å². The highest BCUT2D eigenvalue weighted by molar-refractivity contribution is 5.17. The van der Waals surface area contributed by atoms with Crippen LogP contribution >= 0.6 is 0 Å². The highest BCUT2D eigenvalue weighted by Gasteiger charge is 2.19. The number of hydrogen-bond donors (Lipinski definition) is 1. The molecule has 1 aromatic rings. The maximum absolute atomic E-state index is 13.1. The zero-order valence-corrected chi connectivity index (χ0v) is 10.9. The molecule has 0 radical (unpaired) electrons. The Balaban J connectivity index is 1.84. The van der Waals surface area contributed by atoms with E-state index in [0.29, 0.717) is 12.6 Å². The van der Waals surface area contributed by atoms with Gasteiger partial charge in [0.15, 0.2) is 11.6 Å². The zero-order chi connectivity index (χ0) is 13.0. The predicted octanol–water partition coefficient (Wildman–Crippen LogP) is 4.02. The highest BCUT2D eigenvalue weighted by atomic mass is 19.2. The molecule has 0 unspecified atom stereocenters. The van der Waals surface area contributed by atoms with Crippen LogP contribution in [0.4, 0.5) is 8.78 Å². The van der Waals surface area contributed by atoms with Gasteiger partial charge in [-0.3, -0.25) is 0 Å². The van der Waals surface area contributed by atoms with Crippen molar-refractivity contribution >= 4 is 0 Å². The Morgan fingerprint density at radius 1 is 1.17 bits per heavy atom. The van der Waals surface area contributed by atoms with Gasteiger partial charge in [0.2, 0.25) is 0 Å². The van der Waals surface area contributed by atoms with Gasteiger partial charge >= 0.3 is 0 Å². The van der Waals surface area contributed by atoms with Gasteiger partial charge in [-0.1, -0.05) is 25.3 Å². The Bertz CT molecular complexity index is 386. The average molecular weight is 253 g/mol. The number of halogens is 2. The molecule has 1 aliphatic rings. The monoisotopic (exact) mass is 253 g/mol. The molecule has 1 aliphatic carbocycles. The van der Waals surface area contributed by atoms with E-state index in [1.807, 2.05) is 0 Å². The van der Waals surface area contributed by atoms with Crippen molar-refractivity contribution in [2.45, 2.75) is 51.6 Å². The largest absolute Gasteiger partial charge is 0.310 e. The summed E-state index contributed by atoms with van der Waals surface area (Å²) in [5.41, 5.74) is 0.802. The van der Waals surface area contributed by atoms with Gasteiger partial charge in [0.05, 0.1) is 0 Å². The van der Waals surface area contributed by atoms with E-state index in [1.54, 1.807) is 6.07 Å². The van der Waals surface area contributed by atoms with Crippen molar-refractivity contribution in [1.29, 1.82) is 0 Å². The van der Waals surface area contributed by atoms with Crippen LogP contribution in [0.1, 0.15) is 44.6 Å². The number of hydrogen-bond acceptors (Lipinski definition) is 1. The van der Waals surface area contributed by atoms with Crippen molar-refractivity contribution in [1.82, 2.24) is 5.32 Å². The summed E-state index contributed by atoms with van der Waals surface area (Å²) in [4.78, 5) is 0. The van der Waals surface area contributed by atoms with Gasteiger partial charge in [0, 0.05) is 12.6 Å². The summed E-state index contributed by atoms with van der Waals surface area (Å²) in [6.45, 7) is 2.80. The first-order valence-corrected chi connectivity index (χ1v) is 6.84. The normalized spacial score (nSPS) is 18.8. The summed E-state index contributed by atoms with van der Waals surface area (Å²) < 4.78 is 25.8. The second kappa shape index (κ2) is 6.28. The SMILES string of the molecule is C[C@H](NCc1ccc(F)c(F)c1)C1CCCCC1. The summed E-state index contributed by atoms with van der Waals surface area (Å²) in [6.07, 6.45) is 6.56. The fourth-order valence-corrected chi connectivity index (χ4v) is 2.73. The quantitative estimate of drug-likeness (QED) is 0.854. The molecule has 0 saturated heterocycles. The fraction of sp³-hybridized carbons (Fsp3) is 0.600. The first kappa shape index (κ1) is 13.5. The molecule has 1 atom stereocenters. The van der Waals surface area contributed by atoms with Crippen molar-refractivity contribution in [2.24, 2.45) is 5.92 Å². The van der Waals surface area contributed by atoms with Crippen LogP contribution in [0.15, 0.2) is 18.2 Å². The van der Waals surface area contributed by atoms with Crippen LogP contribution in [0.25, 0.3) is 0 Å². The third-order valence-corrected chi connectivity index (χ3v) is 3.97. The summed E-state index contributed by atoms with van der Waals surface area (Å²) in [5.74, 6) is -0.817. The van der Waals surface area contributed by atoms with Crippen molar-refractivity contribution in [3.05, 3.63) is 35.4 Å². The smallest absolute Gasteiger partial charge is 0.159 e. The van der Waals surface area contributed by atoms with Crippen LogP contribution < -0.4 is 5.32 Å². The zero-order valence-electron chi connectivity index (χ0n) is 10.9. The molecule has 0 aliphatic heterocycles. The van der Waals surface area contributed by atoms with E-state index < -0.39 is 11.6 Å². The summed E-state index contributed by atoms with van der Waals surface area (Å²) in [7, 11) is 0. The number of rotatable bonds is 4. The second-order valence-corrected chi connectivity index (χ2v) is 5.32. The van der Waals surface area contributed by atoms with Crippen LogP contribution in [-0.4, -0.2) is 6.04 Å². The molecule has 3 heteroatoms. The van der Waals surface area contributed by atoms with Gasteiger partial charge in [-0.15, -0.1) is 0 Å². The molecule has 1 fully saturated rings. The number of nitrogens with one attached hydrogen (secondary N) is 1. The Morgan fingerprint density at radius 3 is 2.56 bits per heavy atom. The average Bonchev–Trinajstić information content (AvgIpc) is 2.41. The van der Waals surface area contributed by atoms with Crippen LogP contribution in [0.5, 0.6) is 0 Å². The topological polar surface area (TPSA) is 12.0 Å². The van der Waals surface area contributed by atoms with Gasteiger partial charge in [0.1, 0.15) is 0 Å². The Hall–Kier alpha value is -0.960. The van der Waals surface area contributed by atoms with Gasteiger partial charge in [0.25, 0.3) is 0 Å². The molecule has 1 nitrogen and oxygen atoms in total. The first-order valence-electron chi connectivity index (χ1n) is 6.84. The molecule has 0 bridgehead atoms. The Kier molecular flexibility index (Phi) is 4.70. The molecule has 1 saturated carbocycles. The minimum absolute atomic E-state index is 0.443. The van der Waals surface area contributed by atoms with Gasteiger partial charge in [-0.05, 0) is 43.4 Å². The third-order valence-electron chi connectivity index (χ3n) is 3.97. The number of benzene rings is 1. The minimum atomic E-state index is -0.779. The molecule has 0 heterocycles. The molecule has 18 heavy (non-hydrogen) atoms. The lowest BCUT2D eigenvalue weighted by Crippen LogP contribution is -2.34. The molecule has 0 aromatic heterocycles. The van der Waals surface area contributed by atoms with E-state index >= 15 is 0 Å².